The van der Waals surface area contributed by atoms with E-state index in [-0.39, 0.29) is 35.6 Å². The average Bonchev–Trinajstić information content (AvgIpc) is 3.28. The van der Waals surface area contributed by atoms with Crippen LogP contribution in [0.2, 0.25) is 0 Å². The summed E-state index contributed by atoms with van der Waals surface area (Å²) < 4.78 is 82.4. The van der Waals surface area contributed by atoms with Crippen molar-refractivity contribution in [3.63, 3.8) is 0 Å². The van der Waals surface area contributed by atoms with Crippen LogP contribution in [0, 0.1) is 0 Å². The molecule has 0 bridgehead atoms. The third-order valence-corrected chi connectivity index (χ3v) is 7.09. The molecule has 0 aliphatic rings. The van der Waals surface area contributed by atoms with Crippen molar-refractivity contribution in [1.82, 2.24) is 0 Å². The van der Waals surface area contributed by atoms with Crippen LogP contribution in [0.4, 0.5) is 26.3 Å². The number of rotatable bonds is 8. The molecule has 10 heteroatoms. The lowest BCUT2D eigenvalue weighted by atomic mass is 9.83. The van der Waals surface area contributed by atoms with Crippen LogP contribution in [-0.2, 0) is 38.1 Å². The maximum atomic E-state index is 13.7. The lowest BCUT2D eigenvalue weighted by Gasteiger charge is -2.35. The molecule has 2 aromatic carbocycles. The summed E-state index contributed by atoms with van der Waals surface area (Å²) in [5.74, 6) is 0. The fourth-order valence-electron chi connectivity index (χ4n) is 4.03. The molecule has 3 N–H and O–H groups in total. The first kappa shape index (κ1) is 27.2. The minimum Gasteiger partial charge on any atom is -0.392 e. The van der Waals surface area contributed by atoms with Crippen molar-refractivity contribution in [2.75, 3.05) is 0 Å². The van der Waals surface area contributed by atoms with E-state index in [2.05, 4.69) is 0 Å². The fourth-order valence-corrected chi connectivity index (χ4v) is 5.07. The molecular weight excluding hydrogens is 494 g/mol. The molecule has 0 aliphatic carbocycles. The van der Waals surface area contributed by atoms with Gasteiger partial charge in [0, 0.05) is 15.3 Å². The topological polar surface area (TPSA) is 60.7 Å². The molecule has 0 amide bonds. The first-order valence-electron chi connectivity index (χ1n) is 10.8. The second-order valence-corrected chi connectivity index (χ2v) is 9.25. The summed E-state index contributed by atoms with van der Waals surface area (Å²) in [5, 5.41) is 28.9. The fraction of sp³-hybridized carbons (Fsp3) is 0.360. The quantitative estimate of drug-likeness (QED) is 0.318. The van der Waals surface area contributed by atoms with Crippen molar-refractivity contribution in [2.45, 2.75) is 57.4 Å². The number of hydrogen-bond acceptors (Lipinski definition) is 4. The molecule has 0 aliphatic heterocycles. The highest BCUT2D eigenvalue weighted by molar-refractivity contribution is 7.15. The highest BCUT2D eigenvalue weighted by atomic mass is 32.1. The molecule has 3 nitrogen and oxygen atoms in total. The zero-order valence-corrected chi connectivity index (χ0v) is 19.5. The third kappa shape index (κ3) is 5.25. The van der Waals surface area contributed by atoms with E-state index in [1.807, 2.05) is 0 Å². The van der Waals surface area contributed by atoms with Gasteiger partial charge in [-0.3, -0.25) is 0 Å². The van der Waals surface area contributed by atoms with Crippen LogP contribution in [0.3, 0.4) is 0 Å². The van der Waals surface area contributed by atoms with Crippen molar-refractivity contribution in [2.24, 2.45) is 0 Å². The Balaban J connectivity index is 1.99. The Morgan fingerprint density at radius 2 is 1.43 bits per heavy atom. The maximum absolute atomic E-state index is 13.7. The van der Waals surface area contributed by atoms with Gasteiger partial charge in [-0.25, -0.2) is 0 Å². The predicted octanol–water partition coefficient (Wildman–Crippen LogP) is 6.06. The van der Waals surface area contributed by atoms with Gasteiger partial charge in [0.25, 0.3) is 5.60 Å². The van der Waals surface area contributed by atoms with Crippen LogP contribution < -0.4 is 0 Å². The second-order valence-electron chi connectivity index (χ2n) is 8.08. The maximum Gasteiger partial charge on any atom is 0.430 e. The van der Waals surface area contributed by atoms with Gasteiger partial charge < -0.3 is 15.3 Å². The number of aryl methyl sites for hydroxylation is 3. The Bertz CT molecular complexity index is 1150. The van der Waals surface area contributed by atoms with Crippen LogP contribution in [0.1, 0.15) is 39.6 Å². The van der Waals surface area contributed by atoms with Gasteiger partial charge in [-0.1, -0.05) is 43.3 Å². The second kappa shape index (κ2) is 10.3. The summed E-state index contributed by atoms with van der Waals surface area (Å²) in [4.78, 5) is 0.913. The molecule has 0 saturated heterocycles. The summed E-state index contributed by atoms with van der Waals surface area (Å²) in [7, 11) is 0. The normalized spacial score (nSPS) is 12.9. The lowest BCUT2D eigenvalue weighted by Crippen LogP contribution is -2.54. The summed E-state index contributed by atoms with van der Waals surface area (Å²) in [6, 6.07) is 12.0. The van der Waals surface area contributed by atoms with Crippen molar-refractivity contribution >= 4 is 11.3 Å². The van der Waals surface area contributed by atoms with E-state index in [9.17, 15) is 41.7 Å². The smallest absolute Gasteiger partial charge is 0.392 e. The standard InChI is InChI=1S/C25H24F6O3S/c1-2-16-4-3-5-20(22(16)23(34,24(26,27)28)25(29,30)31)21-11-10-19(35-21)9-7-15-6-8-17(13-32)18(12-15)14-33/h3-6,8,10-12,32-34H,2,7,9,13-14H2,1H3. The number of halogens is 6. The number of alkyl halides is 6. The molecule has 3 aromatic rings. The van der Waals surface area contributed by atoms with Gasteiger partial charge in [-0.2, -0.15) is 26.3 Å². The number of aliphatic hydroxyl groups is 3. The van der Waals surface area contributed by atoms with Gasteiger partial charge in [0.15, 0.2) is 0 Å². The molecule has 0 radical (unpaired) electrons. The van der Waals surface area contributed by atoms with Gasteiger partial charge in [0.1, 0.15) is 0 Å². The minimum atomic E-state index is -5.98. The Labute approximate surface area is 202 Å². The van der Waals surface area contributed by atoms with Gasteiger partial charge in [-0.15, -0.1) is 11.3 Å². The molecule has 0 saturated carbocycles. The summed E-state index contributed by atoms with van der Waals surface area (Å²) in [5.41, 5.74) is -4.72. The van der Waals surface area contributed by atoms with Gasteiger partial charge in [-0.05, 0) is 59.2 Å². The summed E-state index contributed by atoms with van der Waals surface area (Å²) >= 11 is 1.06. The molecule has 0 atom stereocenters. The number of hydrogen-bond donors (Lipinski definition) is 3. The van der Waals surface area contributed by atoms with Gasteiger partial charge >= 0.3 is 12.4 Å². The summed E-state index contributed by atoms with van der Waals surface area (Å²) in [6.45, 7) is 0.967. The first-order chi connectivity index (χ1) is 16.4. The van der Waals surface area contributed by atoms with E-state index < -0.39 is 23.5 Å². The van der Waals surface area contributed by atoms with Crippen molar-refractivity contribution < 1.29 is 41.7 Å². The van der Waals surface area contributed by atoms with Crippen LogP contribution in [0.5, 0.6) is 0 Å². The van der Waals surface area contributed by atoms with Gasteiger partial charge in [0.2, 0.25) is 0 Å². The average molecular weight is 519 g/mol. The molecule has 0 unspecified atom stereocenters. The van der Waals surface area contributed by atoms with Crippen LogP contribution in [-0.4, -0.2) is 27.7 Å². The predicted molar refractivity (Wildman–Crippen MR) is 121 cm³/mol. The zero-order valence-electron chi connectivity index (χ0n) is 18.7. The van der Waals surface area contributed by atoms with E-state index in [0.29, 0.717) is 24.0 Å². The van der Waals surface area contributed by atoms with Crippen molar-refractivity contribution in [3.8, 4) is 10.4 Å². The summed E-state index contributed by atoms with van der Waals surface area (Å²) in [6.07, 6.45) is -11.1. The zero-order chi connectivity index (χ0) is 26.0. The Morgan fingerprint density at radius 3 is 2.00 bits per heavy atom. The van der Waals surface area contributed by atoms with Gasteiger partial charge in [0.05, 0.1) is 13.2 Å². The SMILES string of the molecule is CCc1cccc(-c2ccc(CCc3ccc(CO)c(CO)c3)s2)c1C(O)(C(F)(F)F)C(F)(F)F. The lowest BCUT2D eigenvalue weighted by molar-refractivity contribution is -0.376. The Kier molecular flexibility index (Phi) is 8.00. The molecule has 190 valence electrons. The Morgan fingerprint density at radius 1 is 0.771 bits per heavy atom. The van der Waals surface area contributed by atoms with Crippen molar-refractivity contribution in [1.29, 1.82) is 0 Å². The van der Waals surface area contributed by atoms with Crippen LogP contribution >= 0.6 is 11.3 Å². The number of thiophene rings is 1. The van der Waals surface area contributed by atoms with E-state index in [1.54, 1.807) is 24.3 Å². The molecular formula is C25H24F6O3S. The highest BCUT2D eigenvalue weighted by Crippen LogP contribution is 2.54. The molecule has 1 heterocycles. The molecule has 0 spiro atoms. The molecule has 3 rings (SSSR count). The van der Waals surface area contributed by atoms with Crippen molar-refractivity contribution in [3.05, 3.63) is 81.2 Å². The Hall–Kier alpha value is -2.40. The van der Waals surface area contributed by atoms with E-state index in [0.717, 1.165) is 33.9 Å². The minimum absolute atomic E-state index is 0.132. The molecule has 1 aromatic heterocycles. The molecule has 0 fully saturated rings. The number of benzene rings is 2. The number of aliphatic hydroxyl groups excluding tert-OH is 2. The monoisotopic (exact) mass is 518 g/mol. The molecule has 35 heavy (non-hydrogen) atoms. The largest absolute Gasteiger partial charge is 0.430 e. The van der Waals surface area contributed by atoms with E-state index >= 15 is 0 Å². The third-order valence-electron chi connectivity index (χ3n) is 5.91. The van der Waals surface area contributed by atoms with Crippen LogP contribution in [0.15, 0.2) is 48.5 Å². The van der Waals surface area contributed by atoms with E-state index in [4.69, 9.17) is 0 Å². The van der Waals surface area contributed by atoms with Crippen LogP contribution in [0.25, 0.3) is 10.4 Å². The first-order valence-corrected chi connectivity index (χ1v) is 11.6. The highest BCUT2D eigenvalue weighted by Gasteiger charge is 2.72. The van der Waals surface area contributed by atoms with E-state index in [1.165, 1.54) is 19.1 Å².